The van der Waals surface area contributed by atoms with E-state index in [9.17, 15) is 30.7 Å². The van der Waals surface area contributed by atoms with Gasteiger partial charge in [0.2, 0.25) is 0 Å². The molecule has 3 rings (SSSR count). The molecule has 1 saturated carbocycles. The number of hydrogen-bond donors (Lipinski definition) is 0. The minimum absolute atomic E-state index is 0.462. The predicted molar refractivity (Wildman–Crippen MR) is 97.1 cm³/mol. The van der Waals surface area contributed by atoms with Crippen LogP contribution in [0.25, 0.3) is 11.1 Å². The van der Waals surface area contributed by atoms with Gasteiger partial charge in [-0.15, -0.1) is 0 Å². The number of halogens is 7. The SMILES string of the molecule is CC1CCC(c2ccc(-c3ccc(C(F)(F)C(F)(F)C(F)(F)F)cc3)cc2)CC1. The Morgan fingerprint density at radius 2 is 1.10 bits per heavy atom. The summed E-state index contributed by atoms with van der Waals surface area (Å²) >= 11 is 0. The second kappa shape index (κ2) is 7.65. The first kappa shape index (κ1) is 21.7. The van der Waals surface area contributed by atoms with Crippen LogP contribution in [-0.2, 0) is 5.92 Å². The summed E-state index contributed by atoms with van der Waals surface area (Å²) in [6, 6.07) is 11.0. The van der Waals surface area contributed by atoms with Crippen LogP contribution in [-0.4, -0.2) is 12.1 Å². The molecule has 0 bridgehead atoms. The van der Waals surface area contributed by atoms with Crippen molar-refractivity contribution in [3.63, 3.8) is 0 Å². The maximum absolute atomic E-state index is 13.8. The third-order valence-electron chi connectivity index (χ3n) is 5.73. The van der Waals surface area contributed by atoms with Crippen molar-refractivity contribution in [3.8, 4) is 11.1 Å². The van der Waals surface area contributed by atoms with Crippen LogP contribution < -0.4 is 0 Å². The van der Waals surface area contributed by atoms with Crippen LogP contribution in [0.3, 0.4) is 0 Å². The van der Waals surface area contributed by atoms with Crippen molar-refractivity contribution < 1.29 is 30.7 Å². The van der Waals surface area contributed by atoms with Crippen molar-refractivity contribution in [1.29, 1.82) is 0 Å². The minimum atomic E-state index is -6.35. The lowest BCUT2D eigenvalue weighted by molar-refractivity contribution is -0.359. The molecule has 2 aromatic carbocycles. The smallest absolute Gasteiger partial charge is 0.194 e. The van der Waals surface area contributed by atoms with Gasteiger partial charge in [-0.05, 0) is 41.4 Å². The topological polar surface area (TPSA) is 0 Å². The molecule has 0 spiro atoms. The zero-order chi connectivity index (χ0) is 21.4. The molecule has 2 aromatic rings. The van der Waals surface area contributed by atoms with E-state index in [-0.39, 0.29) is 0 Å². The average Bonchev–Trinajstić information content (AvgIpc) is 2.68. The lowest BCUT2D eigenvalue weighted by Crippen LogP contribution is -2.49. The Hall–Kier alpha value is -2.05. The van der Waals surface area contributed by atoms with E-state index < -0.39 is 23.6 Å². The summed E-state index contributed by atoms with van der Waals surface area (Å²) in [5, 5.41) is 0. The molecule has 0 atom stereocenters. The van der Waals surface area contributed by atoms with Gasteiger partial charge in [-0.3, -0.25) is 0 Å². The number of rotatable bonds is 4. The molecular weight excluding hydrogens is 397 g/mol. The third-order valence-corrected chi connectivity index (χ3v) is 5.73. The summed E-state index contributed by atoms with van der Waals surface area (Å²) in [5.74, 6) is -10.3. The largest absolute Gasteiger partial charge is 0.460 e. The van der Waals surface area contributed by atoms with E-state index in [1.54, 1.807) is 0 Å². The molecule has 1 aliphatic carbocycles. The van der Waals surface area contributed by atoms with Crippen LogP contribution in [0.1, 0.15) is 49.7 Å². The summed E-state index contributed by atoms with van der Waals surface area (Å²) in [4.78, 5) is 0. The fourth-order valence-corrected chi connectivity index (χ4v) is 3.77. The average molecular weight is 418 g/mol. The molecule has 29 heavy (non-hydrogen) atoms. The molecule has 0 heterocycles. The van der Waals surface area contributed by atoms with Crippen molar-refractivity contribution in [2.75, 3.05) is 0 Å². The van der Waals surface area contributed by atoms with Gasteiger partial charge in [0.05, 0.1) is 0 Å². The van der Waals surface area contributed by atoms with E-state index in [4.69, 9.17) is 0 Å². The van der Waals surface area contributed by atoms with Crippen molar-refractivity contribution >= 4 is 0 Å². The fourth-order valence-electron chi connectivity index (χ4n) is 3.77. The molecule has 7 heteroatoms. The molecule has 0 unspecified atom stereocenters. The van der Waals surface area contributed by atoms with Gasteiger partial charge in [-0.1, -0.05) is 68.3 Å². The Balaban J connectivity index is 1.78. The van der Waals surface area contributed by atoms with Gasteiger partial charge >= 0.3 is 18.0 Å². The molecule has 0 aliphatic heterocycles. The molecule has 158 valence electrons. The van der Waals surface area contributed by atoms with E-state index in [2.05, 4.69) is 6.92 Å². The first-order valence-corrected chi connectivity index (χ1v) is 9.46. The first-order chi connectivity index (χ1) is 13.4. The van der Waals surface area contributed by atoms with Crippen molar-refractivity contribution in [3.05, 3.63) is 59.7 Å². The van der Waals surface area contributed by atoms with E-state index >= 15 is 0 Å². The highest BCUT2D eigenvalue weighted by atomic mass is 19.4. The molecule has 0 nitrogen and oxygen atoms in total. The summed E-state index contributed by atoms with van der Waals surface area (Å²) in [6.45, 7) is 2.23. The first-order valence-electron chi connectivity index (χ1n) is 9.46. The van der Waals surface area contributed by atoms with Gasteiger partial charge < -0.3 is 0 Å². The highest BCUT2D eigenvalue weighted by Gasteiger charge is 2.73. The second-order valence-corrected chi connectivity index (χ2v) is 7.80. The standard InChI is InChI=1S/C22H21F7/c1-14-2-4-15(5-3-14)16-6-8-17(9-7-16)18-10-12-19(13-11-18)20(23,24)21(25,26)22(27,28)29/h6-15H,2-5H2,1H3. The molecule has 0 N–H and O–H groups in total. The number of alkyl halides is 7. The van der Waals surface area contributed by atoms with Crippen LogP contribution in [0.15, 0.2) is 48.5 Å². The monoisotopic (exact) mass is 418 g/mol. The van der Waals surface area contributed by atoms with E-state index in [0.29, 0.717) is 29.2 Å². The summed E-state index contributed by atoms with van der Waals surface area (Å²) in [7, 11) is 0. The maximum atomic E-state index is 13.8. The van der Waals surface area contributed by atoms with E-state index in [1.807, 2.05) is 24.3 Å². The van der Waals surface area contributed by atoms with Crippen LogP contribution in [0.4, 0.5) is 30.7 Å². The van der Waals surface area contributed by atoms with E-state index in [0.717, 1.165) is 30.9 Å². The summed E-state index contributed by atoms with van der Waals surface area (Å²) < 4.78 is 91.0. The van der Waals surface area contributed by atoms with Crippen LogP contribution in [0, 0.1) is 5.92 Å². The lowest BCUT2D eigenvalue weighted by Gasteiger charge is -2.28. The molecule has 1 fully saturated rings. The molecule has 0 amide bonds. The van der Waals surface area contributed by atoms with Gasteiger partial charge in [-0.2, -0.15) is 30.7 Å². The lowest BCUT2D eigenvalue weighted by atomic mass is 9.79. The van der Waals surface area contributed by atoms with Crippen LogP contribution in [0.5, 0.6) is 0 Å². The Bertz CT molecular complexity index is 812. The Kier molecular flexibility index (Phi) is 5.71. The summed E-state index contributed by atoms with van der Waals surface area (Å²) in [6.07, 6.45) is -1.79. The second-order valence-electron chi connectivity index (χ2n) is 7.80. The molecule has 1 aliphatic rings. The highest BCUT2D eigenvalue weighted by Crippen LogP contribution is 2.51. The Morgan fingerprint density at radius 3 is 1.55 bits per heavy atom. The predicted octanol–water partition coefficient (Wildman–Crippen LogP) is 7.94. The zero-order valence-corrected chi connectivity index (χ0v) is 15.7. The number of hydrogen-bond acceptors (Lipinski definition) is 0. The maximum Gasteiger partial charge on any atom is 0.460 e. The highest BCUT2D eigenvalue weighted by molar-refractivity contribution is 5.64. The summed E-state index contributed by atoms with van der Waals surface area (Å²) in [5.41, 5.74) is 0.948. The third kappa shape index (κ3) is 4.14. The minimum Gasteiger partial charge on any atom is -0.194 e. The van der Waals surface area contributed by atoms with Crippen molar-refractivity contribution in [2.24, 2.45) is 5.92 Å². The quantitative estimate of drug-likeness (QED) is 0.442. The van der Waals surface area contributed by atoms with Gasteiger partial charge in [0, 0.05) is 5.56 Å². The van der Waals surface area contributed by atoms with Crippen molar-refractivity contribution in [2.45, 2.75) is 56.5 Å². The van der Waals surface area contributed by atoms with E-state index in [1.165, 1.54) is 18.4 Å². The van der Waals surface area contributed by atoms with Gasteiger partial charge in [0.15, 0.2) is 0 Å². The van der Waals surface area contributed by atoms with Gasteiger partial charge in [0.1, 0.15) is 0 Å². The molecular formula is C22H21F7. The van der Waals surface area contributed by atoms with Gasteiger partial charge in [-0.25, -0.2) is 0 Å². The zero-order valence-electron chi connectivity index (χ0n) is 15.7. The Labute approximate surface area is 164 Å². The van der Waals surface area contributed by atoms with Crippen LogP contribution in [0.2, 0.25) is 0 Å². The molecule has 0 aromatic heterocycles. The molecule has 0 saturated heterocycles. The molecule has 0 radical (unpaired) electrons. The normalized spacial score (nSPS) is 21.2. The van der Waals surface area contributed by atoms with Gasteiger partial charge in [0.25, 0.3) is 0 Å². The van der Waals surface area contributed by atoms with Crippen molar-refractivity contribution in [1.82, 2.24) is 0 Å². The fraction of sp³-hybridized carbons (Fsp3) is 0.455. The number of benzene rings is 2. The van der Waals surface area contributed by atoms with Crippen LogP contribution >= 0.6 is 0 Å². The Morgan fingerprint density at radius 1 is 0.655 bits per heavy atom.